The molecule has 2 fully saturated rings. The van der Waals surface area contributed by atoms with Crippen molar-refractivity contribution in [1.82, 2.24) is 0 Å². The fraction of sp³-hybridized carbons (Fsp3) is 1.00. The van der Waals surface area contributed by atoms with Gasteiger partial charge in [0.1, 0.15) is 6.61 Å². The lowest BCUT2D eigenvalue weighted by molar-refractivity contribution is -0.178. The maximum atomic E-state index is 12.3. The second kappa shape index (κ2) is 3.08. The maximum absolute atomic E-state index is 12.3. The summed E-state index contributed by atoms with van der Waals surface area (Å²) in [5.41, 5.74) is -1.96. The van der Waals surface area contributed by atoms with Gasteiger partial charge in [-0.25, -0.2) is 0 Å². The SMILES string of the molecule is CC1(C(F)(F)F)OC1CCOC1CO1. The van der Waals surface area contributed by atoms with Gasteiger partial charge in [-0.1, -0.05) is 0 Å². The van der Waals surface area contributed by atoms with Gasteiger partial charge in [-0.2, -0.15) is 13.2 Å². The summed E-state index contributed by atoms with van der Waals surface area (Å²) in [5, 5.41) is 0. The lowest BCUT2D eigenvalue weighted by Gasteiger charge is -2.10. The molecule has 0 aromatic carbocycles. The van der Waals surface area contributed by atoms with Crippen LogP contribution in [0.4, 0.5) is 13.2 Å². The smallest absolute Gasteiger partial charge is 0.356 e. The Labute approximate surface area is 79.1 Å². The molecule has 82 valence electrons. The Morgan fingerprint density at radius 1 is 1.50 bits per heavy atom. The van der Waals surface area contributed by atoms with E-state index < -0.39 is 17.9 Å². The lowest BCUT2D eigenvalue weighted by Crippen LogP contribution is -2.32. The van der Waals surface area contributed by atoms with Crippen LogP contribution >= 0.6 is 0 Å². The Morgan fingerprint density at radius 2 is 2.14 bits per heavy atom. The van der Waals surface area contributed by atoms with Crippen molar-refractivity contribution in [3.63, 3.8) is 0 Å². The number of rotatable bonds is 4. The summed E-state index contributed by atoms with van der Waals surface area (Å²) in [4.78, 5) is 0. The Morgan fingerprint density at radius 3 is 2.57 bits per heavy atom. The van der Waals surface area contributed by atoms with E-state index in [2.05, 4.69) is 4.74 Å². The second-order valence-corrected chi connectivity index (χ2v) is 3.63. The van der Waals surface area contributed by atoms with Crippen LogP contribution in [0.2, 0.25) is 0 Å². The monoisotopic (exact) mass is 212 g/mol. The predicted molar refractivity (Wildman–Crippen MR) is 39.6 cm³/mol. The van der Waals surface area contributed by atoms with Gasteiger partial charge in [0.25, 0.3) is 0 Å². The van der Waals surface area contributed by atoms with E-state index in [1.807, 2.05) is 0 Å². The summed E-state index contributed by atoms with van der Waals surface area (Å²) in [5.74, 6) is 0. The van der Waals surface area contributed by atoms with Crippen LogP contribution in [-0.4, -0.2) is 37.4 Å². The first-order chi connectivity index (χ1) is 6.43. The minimum absolute atomic E-state index is 0.203. The van der Waals surface area contributed by atoms with Crippen LogP contribution in [0.1, 0.15) is 13.3 Å². The number of halogens is 3. The number of epoxide rings is 2. The molecule has 0 aromatic heterocycles. The molecule has 0 amide bonds. The van der Waals surface area contributed by atoms with E-state index in [0.717, 1.165) is 6.92 Å². The summed E-state index contributed by atoms with van der Waals surface area (Å²) in [7, 11) is 0. The van der Waals surface area contributed by atoms with Gasteiger partial charge in [0.2, 0.25) is 0 Å². The highest BCUT2D eigenvalue weighted by molar-refractivity contribution is 5.04. The van der Waals surface area contributed by atoms with E-state index in [9.17, 15) is 13.2 Å². The number of ether oxygens (including phenoxy) is 3. The molecule has 2 aliphatic heterocycles. The van der Waals surface area contributed by atoms with Crippen molar-refractivity contribution in [1.29, 1.82) is 0 Å². The van der Waals surface area contributed by atoms with Crippen LogP contribution in [0.15, 0.2) is 0 Å². The second-order valence-electron chi connectivity index (χ2n) is 3.63. The standard InChI is InChI=1S/C8H11F3O3/c1-7(8(9,10)11)5(14-7)2-3-12-6-4-13-6/h5-6H,2-4H2,1H3. The lowest BCUT2D eigenvalue weighted by atomic mass is 10.1. The minimum Gasteiger partial charge on any atom is -0.356 e. The molecular weight excluding hydrogens is 201 g/mol. The minimum atomic E-state index is -4.28. The van der Waals surface area contributed by atoms with Gasteiger partial charge in [-0.3, -0.25) is 0 Å². The first kappa shape index (κ1) is 10.2. The normalized spacial score (nSPS) is 41.1. The van der Waals surface area contributed by atoms with Gasteiger partial charge in [0, 0.05) is 6.42 Å². The summed E-state index contributed by atoms with van der Waals surface area (Å²) >= 11 is 0. The molecule has 2 heterocycles. The van der Waals surface area contributed by atoms with E-state index in [1.165, 1.54) is 0 Å². The van der Waals surface area contributed by atoms with Crippen LogP contribution in [0, 0.1) is 0 Å². The highest BCUT2D eigenvalue weighted by atomic mass is 19.4. The average Bonchev–Trinajstić information content (AvgIpc) is 2.89. The van der Waals surface area contributed by atoms with Gasteiger partial charge in [-0.05, 0) is 6.92 Å². The van der Waals surface area contributed by atoms with Crippen molar-refractivity contribution < 1.29 is 27.4 Å². The van der Waals surface area contributed by atoms with Crippen molar-refractivity contribution in [3.05, 3.63) is 0 Å². The molecule has 2 saturated heterocycles. The van der Waals surface area contributed by atoms with Crippen LogP contribution < -0.4 is 0 Å². The van der Waals surface area contributed by atoms with E-state index in [-0.39, 0.29) is 19.3 Å². The van der Waals surface area contributed by atoms with Crippen molar-refractivity contribution in [2.24, 2.45) is 0 Å². The van der Waals surface area contributed by atoms with Gasteiger partial charge in [-0.15, -0.1) is 0 Å². The Balaban J connectivity index is 1.69. The van der Waals surface area contributed by atoms with Crippen molar-refractivity contribution in [2.75, 3.05) is 13.2 Å². The van der Waals surface area contributed by atoms with Crippen molar-refractivity contribution in [2.45, 2.75) is 37.5 Å². The third-order valence-corrected chi connectivity index (χ3v) is 2.49. The van der Waals surface area contributed by atoms with Crippen molar-refractivity contribution in [3.8, 4) is 0 Å². The Kier molecular flexibility index (Phi) is 2.24. The zero-order valence-electron chi connectivity index (χ0n) is 7.63. The Bertz CT molecular complexity index is 226. The van der Waals surface area contributed by atoms with E-state index in [4.69, 9.17) is 9.47 Å². The van der Waals surface area contributed by atoms with E-state index >= 15 is 0 Å². The molecular formula is C8H11F3O3. The molecule has 3 atom stereocenters. The van der Waals surface area contributed by atoms with Gasteiger partial charge in [0.05, 0.1) is 12.7 Å². The first-order valence-corrected chi connectivity index (χ1v) is 4.41. The topological polar surface area (TPSA) is 34.3 Å². The highest BCUT2D eigenvalue weighted by Gasteiger charge is 2.69. The number of hydrogen-bond acceptors (Lipinski definition) is 3. The number of hydrogen-bond donors (Lipinski definition) is 0. The molecule has 2 aliphatic rings. The first-order valence-electron chi connectivity index (χ1n) is 4.41. The largest absolute Gasteiger partial charge is 0.419 e. The maximum Gasteiger partial charge on any atom is 0.419 e. The molecule has 14 heavy (non-hydrogen) atoms. The van der Waals surface area contributed by atoms with Gasteiger partial charge >= 0.3 is 6.18 Å². The van der Waals surface area contributed by atoms with E-state index in [1.54, 1.807) is 0 Å². The third-order valence-electron chi connectivity index (χ3n) is 2.49. The fourth-order valence-corrected chi connectivity index (χ4v) is 1.29. The third kappa shape index (κ3) is 1.87. The van der Waals surface area contributed by atoms with Crippen LogP contribution in [0.5, 0.6) is 0 Å². The molecule has 0 spiro atoms. The van der Waals surface area contributed by atoms with Crippen LogP contribution in [0.25, 0.3) is 0 Å². The number of alkyl halides is 3. The summed E-state index contributed by atoms with van der Waals surface area (Å²) < 4.78 is 51.3. The highest BCUT2D eigenvalue weighted by Crippen LogP contribution is 2.50. The zero-order chi connectivity index (χ0) is 10.4. The molecule has 3 unspecified atom stereocenters. The molecule has 2 rings (SSSR count). The molecule has 0 saturated carbocycles. The van der Waals surface area contributed by atoms with Gasteiger partial charge in [0.15, 0.2) is 11.9 Å². The van der Waals surface area contributed by atoms with Crippen molar-refractivity contribution >= 4 is 0 Å². The molecule has 0 bridgehead atoms. The van der Waals surface area contributed by atoms with Crippen LogP contribution in [0.3, 0.4) is 0 Å². The quantitative estimate of drug-likeness (QED) is 0.662. The zero-order valence-corrected chi connectivity index (χ0v) is 7.63. The fourth-order valence-electron chi connectivity index (χ4n) is 1.29. The van der Waals surface area contributed by atoms with E-state index in [0.29, 0.717) is 6.61 Å². The summed E-state index contributed by atoms with van der Waals surface area (Å²) in [6.45, 7) is 1.86. The average molecular weight is 212 g/mol. The summed E-state index contributed by atoms with van der Waals surface area (Å²) in [6.07, 6.45) is -4.99. The molecule has 0 aliphatic carbocycles. The molecule has 0 N–H and O–H groups in total. The molecule has 6 heteroatoms. The van der Waals surface area contributed by atoms with Crippen LogP contribution in [-0.2, 0) is 14.2 Å². The Hall–Kier alpha value is -0.330. The molecule has 0 radical (unpaired) electrons. The van der Waals surface area contributed by atoms with Gasteiger partial charge < -0.3 is 14.2 Å². The molecule has 0 aromatic rings. The molecule has 3 nitrogen and oxygen atoms in total. The predicted octanol–water partition coefficient (Wildman–Crippen LogP) is 1.47. The summed E-state index contributed by atoms with van der Waals surface area (Å²) in [6, 6.07) is 0.